The number of fused-ring (bicyclic) bond motifs is 1. The molecule has 0 bridgehead atoms. The SMILES string of the molecule is CC[S+]([O-])c1cc(C2(C#N)CC2)cnc1-c1nc2cc(SC(F)(F)F)ccc2o1. The Morgan fingerprint density at radius 2 is 2.10 bits per heavy atom. The standard InChI is InChI=1S/C19H14F3N3O2S2/c1-2-29(26)15-7-11(18(10-23)5-6-18)9-24-16(15)17-25-13-8-12(28-19(20,21)22)3-4-14(13)27-17/h3-4,7-9H,2,5-6H2,1H3. The first kappa shape index (κ1) is 20.1. The van der Waals surface area contributed by atoms with Gasteiger partial charge in [0.15, 0.2) is 16.2 Å². The van der Waals surface area contributed by atoms with Crippen molar-refractivity contribution in [2.24, 2.45) is 0 Å². The van der Waals surface area contributed by atoms with Crippen LogP contribution in [-0.4, -0.2) is 25.8 Å². The highest BCUT2D eigenvalue weighted by molar-refractivity contribution is 8.00. The minimum Gasteiger partial charge on any atom is -0.611 e. The highest BCUT2D eigenvalue weighted by Gasteiger charge is 2.46. The zero-order valence-corrected chi connectivity index (χ0v) is 16.7. The van der Waals surface area contributed by atoms with Crippen molar-refractivity contribution in [3.63, 3.8) is 0 Å². The number of pyridine rings is 1. The summed E-state index contributed by atoms with van der Waals surface area (Å²) in [6.07, 6.45) is 3.01. The molecule has 0 spiro atoms. The minimum absolute atomic E-state index is 0.00443. The first-order valence-corrected chi connectivity index (χ1v) is 10.8. The number of benzene rings is 1. The molecule has 0 amide bonds. The second kappa shape index (κ2) is 7.23. The maximum atomic E-state index is 12.6. The van der Waals surface area contributed by atoms with Crippen molar-refractivity contribution < 1.29 is 22.1 Å². The van der Waals surface area contributed by atoms with Gasteiger partial charge in [-0.2, -0.15) is 18.4 Å². The zero-order chi connectivity index (χ0) is 20.8. The van der Waals surface area contributed by atoms with Gasteiger partial charge in [-0.1, -0.05) is 0 Å². The molecule has 0 N–H and O–H groups in total. The zero-order valence-electron chi connectivity index (χ0n) is 15.1. The van der Waals surface area contributed by atoms with Gasteiger partial charge >= 0.3 is 5.51 Å². The summed E-state index contributed by atoms with van der Waals surface area (Å²) in [4.78, 5) is 9.03. The lowest BCUT2D eigenvalue weighted by atomic mass is 9.99. The van der Waals surface area contributed by atoms with Crippen LogP contribution < -0.4 is 0 Å². The van der Waals surface area contributed by atoms with E-state index < -0.39 is 22.1 Å². The summed E-state index contributed by atoms with van der Waals surface area (Å²) >= 11 is -1.62. The van der Waals surface area contributed by atoms with Crippen LogP contribution >= 0.6 is 11.8 Å². The normalized spacial score (nSPS) is 16.6. The molecule has 150 valence electrons. The van der Waals surface area contributed by atoms with Crippen molar-refractivity contribution in [1.29, 1.82) is 5.26 Å². The molecule has 1 saturated carbocycles. The van der Waals surface area contributed by atoms with E-state index >= 15 is 0 Å². The molecule has 3 aromatic rings. The maximum absolute atomic E-state index is 12.6. The average Bonchev–Trinajstić information content (AvgIpc) is 3.38. The van der Waals surface area contributed by atoms with E-state index in [9.17, 15) is 23.0 Å². The lowest BCUT2D eigenvalue weighted by Gasteiger charge is -2.13. The Morgan fingerprint density at radius 3 is 2.72 bits per heavy atom. The lowest BCUT2D eigenvalue weighted by Crippen LogP contribution is -2.11. The summed E-state index contributed by atoms with van der Waals surface area (Å²) in [5.41, 5.74) is -3.44. The Kier molecular flexibility index (Phi) is 5.01. The summed E-state index contributed by atoms with van der Waals surface area (Å²) in [6, 6.07) is 8.01. The van der Waals surface area contributed by atoms with E-state index in [1.165, 1.54) is 18.2 Å². The van der Waals surface area contributed by atoms with Crippen molar-refractivity contribution >= 4 is 34.0 Å². The van der Waals surface area contributed by atoms with Crippen LogP contribution in [-0.2, 0) is 16.6 Å². The summed E-state index contributed by atoms with van der Waals surface area (Å²) in [5.74, 6) is 0.420. The van der Waals surface area contributed by atoms with Crippen LogP contribution in [0.25, 0.3) is 22.7 Å². The average molecular weight is 437 g/mol. The number of nitriles is 1. The second-order valence-electron chi connectivity index (χ2n) is 6.60. The van der Waals surface area contributed by atoms with Crippen molar-refractivity contribution in [2.75, 3.05) is 5.75 Å². The first-order chi connectivity index (χ1) is 13.7. The van der Waals surface area contributed by atoms with Crippen LogP contribution in [0.5, 0.6) is 0 Å². The molecule has 1 aliphatic carbocycles. The first-order valence-electron chi connectivity index (χ1n) is 8.71. The molecule has 1 fully saturated rings. The Balaban J connectivity index is 1.77. The third-order valence-electron chi connectivity index (χ3n) is 4.67. The topological polar surface area (TPSA) is 85.8 Å². The highest BCUT2D eigenvalue weighted by atomic mass is 32.2. The fourth-order valence-electron chi connectivity index (χ4n) is 2.99. The molecule has 0 saturated heterocycles. The molecular formula is C19H14F3N3O2S2. The molecule has 4 rings (SSSR count). The van der Waals surface area contributed by atoms with Gasteiger partial charge in [0.05, 0.1) is 11.5 Å². The molecule has 5 nitrogen and oxygen atoms in total. The molecule has 1 aromatic carbocycles. The van der Waals surface area contributed by atoms with Crippen molar-refractivity contribution in [2.45, 2.75) is 40.5 Å². The minimum atomic E-state index is -4.40. The number of halogens is 3. The number of hydrogen-bond donors (Lipinski definition) is 0. The number of aromatic nitrogens is 2. The van der Waals surface area contributed by atoms with Gasteiger partial charge in [-0.3, -0.25) is 0 Å². The number of alkyl halides is 3. The quantitative estimate of drug-likeness (QED) is 0.404. The maximum Gasteiger partial charge on any atom is 0.446 e. The predicted octanol–water partition coefficient (Wildman–Crippen LogP) is 5.18. The second-order valence-corrected chi connectivity index (χ2v) is 9.44. The Labute approximate surface area is 171 Å². The Morgan fingerprint density at radius 1 is 1.34 bits per heavy atom. The van der Waals surface area contributed by atoms with Crippen LogP contribution in [0.3, 0.4) is 0 Å². The van der Waals surface area contributed by atoms with Gasteiger partial charge in [0, 0.05) is 17.2 Å². The van der Waals surface area contributed by atoms with Crippen LogP contribution in [0.4, 0.5) is 13.2 Å². The van der Waals surface area contributed by atoms with Crippen molar-refractivity contribution in [3.8, 4) is 17.7 Å². The monoisotopic (exact) mass is 437 g/mol. The molecule has 1 unspecified atom stereocenters. The molecule has 2 aromatic heterocycles. The van der Waals surface area contributed by atoms with Crippen LogP contribution in [0.2, 0.25) is 0 Å². The van der Waals surface area contributed by atoms with Crippen LogP contribution in [0.1, 0.15) is 25.3 Å². The van der Waals surface area contributed by atoms with Gasteiger partial charge in [0.2, 0.25) is 0 Å². The largest absolute Gasteiger partial charge is 0.611 e. The molecule has 0 aliphatic heterocycles. The number of thioether (sulfide) groups is 1. The van der Waals surface area contributed by atoms with Crippen molar-refractivity contribution in [1.82, 2.24) is 9.97 Å². The summed E-state index contributed by atoms with van der Waals surface area (Å²) in [7, 11) is 0. The number of oxazole rings is 1. The van der Waals surface area contributed by atoms with Gasteiger partial charge in [0.25, 0.3) is 5.89 Å². The molecule has 0 radical (unpaired) electrons. The van der Waals surface area contributed by atoms with Gasteiger partial charge in [0.1, 0.15) is 11.3 Å². The molecule has 1 atom stereocenters. The fraction of sp³-hybridized carbons (Fsp3) is 0.316. The molecular weight excluding hydrogens is 423 g/mol. The Bertz CT molecular complexity index is 1120. The fourth-order valence-corrected chi connectivity index (χ4v) is 4.49. The number of rotatable bonds is 5. The van der Waals surface area contributed by atoms with Gasteiger partial charge in [-0.15, -0.1) is 0 Å². The lowest BCUT2D eigenvalue weighted by molar-refractivity contribution is -0.0328. The third-order valence-corrected chi connectivity index (χ3v) is 6.72. The van der Waals surface area contributed by atoms with E-state index in [0.717, 1.165) is 12.8 Å². The summed E-state index contributed by atoms with van der Waals surface area (Å²) < 4.78 is 56.1. The summed E-state index contributed by atoms with van der Waals surface area (Å²) in [5, 5.41) is 9.42. The van der Waals surface area contributed by atoms with E-state index in [-0.39, 0.29) is 33.8 Å². The summed E-state index contributed by atoms with van der Waals surface area (Å²) in [6.45, 7) is 1.76. The van der Waals surface area contributed by atoms with Crippen LogP contribution in [0, 0.1) is 11.3 Å². The number of nitrogens with zero attached hydrogens (tertiary/aromatic N) is 3. The molecule has 2 heterocycles. The van der Waals surface area contributed by atoms with E-state index in [2.05, 4.69) is 16.0 Å². The predicted molar refractivity (Wildman–Crippen MR) is 103 cm³/mol. The Hall–Kier alpha value is -2.22. The molecule has 1 aliphatic rings. The van der Waals surface area contributed by atoms with E-state index in [0.29, 0.717) is 21.8 Å². The highest BCUT2D eigenvalue weighted by Crippen LogP contribution is 2.48. The molecule has 29 heavy (non-hydrogen) atoms. The number of hydrogen-bond acceptors (Lipinski definition) is 6. The van der Waals surface area contributed by atoms with Crippen molar-refractivity contribution in [3.05, 3.63) is 36.0 Å². The van der Waals surface area contributed by atoms with E-state index in [4.69, 9.17) is 4.42 Å². The van der Waals surface area contributed by atoms with E-state index in [1.54, 1.807) is 19.2 Å². The third kappa shape index (κ3) is 3.95. The van der Waals surface area contributed by atoms with Gasteiger partial charge in [-0.05, 0) is 66.5 Å². The van der Waals surface area contributed by atoms with Gasteiger partial charge in [-0.25, -0.2) is 9.97 Å². The van der Waals surface area contributed by atoms with E-state index in [1.807, 2.05) is 0 Å². The van der Waals surface area contributed by atoms with Gasteiger partial charge < -0.3 is 8.97 Å². The molecule has 10 heteroatoms. The van der Waals surface area contributed by atoms with Crippen LogP contribution in [0.15, 0.2) is 44.7 Å². The smallest absolute Gasteiger partial charge is 0.446 e.